The van der Waals surface area contributed by atoms with E-state index in [0.717, 1.165) is 6.07 Å². The topological polar surface area (TPSA) is 97.3 Å². The fraction of sp³-hybridized carbons (Fsp3) is 0.154. The summed E-state index contributed by atoms with van der Waals surface area (Å²) in [4.78, 5) is 12.5. The number of carbonyl (C=O) groups excluding carboxylic acids is 1. The zero-order valence-electron chi connectivity index (χ0n) is 20.5. The van der Waals surface area contributed by atoms with Crippen LogP contribution in [0.3, 0.4) is 0 Å². The highest BCUT2D eigenvalue weighted by Crippen LogP contribution is 2.37. The second-order valence-corrected chi connectivity index (χ2v) is 10.1. The van der Waals surface area contributed by atoms with Crippen LogP contribution < -0.4 is 19.2 Å². The van der Waals surface area contributed by atoms with Gasteiger partial charge in [0.15, 0.2) is 11.5 Å². The number of rotatable bonds is 11. The number of hydrazone groups is 1. The van der Waals surface area contributed by atoms with E-state index in [0.29, 0.717) is 33.5 Å². The second-order valence-electron chi connectivity index (χ2n) is 7.79. The van der Waals surface area contributed by atoms with Gasteiger partial charge in [-0.3, -0.25) is 9.10 Å². The van der Waals surface area contributed by atoms with Gasteiger partial charge < -0.3 is 9.47 Å². The Morgan fingerprint density at radius 1 is 1.10 bits per heavy atom. The number of hydrogen-bond donors (Lipinski definition) is 1. The van der Waals surface area contributed by atoms with E-state index in [-0.39, 0.29) is 16.5 Å². The SMILES string of the molecule is C=CCOc1ccc(/C=N/NC(=O)CN(c2cc(C(F)(F)F)ccc2Cl)S(=O)(=O)c2ccccc2)cc1OC. The average Bonchev–Trinajstić information content (AvgIpc) is 2.91. The minimum atomic E-state index is -4.78. The van der Waals surface area contributed by atoms with Gasteiger partial charge in [-0.25, -0.2) is 13.8 Å². The summed E-state index contributed by atoms with van der Waals surface area (Å²) in [5.41, 5.74) is 1.03. The molecule has 3 rings (SSSR count). The third-order valence-corrected chi connectivity index (χ3v) is 7.20. The van der Waals surface area contributed by atoms with Crippen LogP contribution in [0.25, 0.3) is 0 Å². The number of benzene rings is 3. The van der Waals surface area contributed by atoms with Gasteiger partial charge in [0, 0.05) is 0 Å². The zero-order chi connectivity index (χ0) is 28.6. The molecule has 0 aliphatic rings. The Morgan fingerprint density at radius 2 is 1.82 bits per heavy atom. The summed E-state index contributed by atoms with van der Waals surface area (Å²) >= 11 is 6.11. The quantitative estimate of drug-likeness (QED) is 0.189. The number of sulfonamides is 1. The summed E-state index contributed by atoms with van der Waals surface area (Å²) in [6.07, 6.45) is -1.94. The van der Waals surface area contributed by atoms with Gasteiger partial charge in [-0.1, -0.05) is 42.5 Å². The number of hydrogen-bond acceptors (Lipinski definition) is 6. The highest BCUT2D eigenvalue weighted by molar-refractivity contribution is 7.92. The largest absolute Gasteiger partial charge is 0.493 e. The number of anilines is 1. The minimum absolute atomic E-state index is 0.249. The molecule has 3 aromatic rings. The first kappa shape index (κ1) is 29.5. The van der Waals surface area contributed by atoms with Crippen molar-refractivity contribution in [2.75, 3.05) is 24.6 Å². The van der Waals surface area contributed by atoms with Gasteiger partial charge in [0.05, 0.1) is 34.5 Å². The lowest BCUT2D eigenvalue weighted by molar-refractivity contribution is -0.137. The molecule has 39 heavy (non-hydrogen) atoms. The van der Waals surface area contributed by atoms with Crippen LogP contribution >= 0.6 is 11.6 Å². The molecule has 0 aliphatic heterocycles. The van der Waals surface area contributed by atoms with E-state index in [2.05, 4.69) is 17.1 Å². The van der Waals surface area contributed by atoms with Gasteiger partial charge in [-0.15, -0.1) is 0 Å². The van der Waals surface area contributed by atoms with E-state index in [9.17, 15) is 26.4 Å². The molecule has 0 saturated carbocycles. The number of nitrogens with one attached hydrogen (secondary N) is 1. The lowest BCUT2D eigenvalue weighted by atomic mass is 10.2. The molecule has 0 radical (unpaired) electrons. The van der Waals surface area contributed by atoms with Crippen LogP contribution in [0.1, 0.15) is 11.1 Å². The number of amides is 1. The standard InChI is InChI=1S/C26H23ClF3N3O5S/c1-3-13-38-23-12-9-18(14-24(23)37-2)16-31-32-25(34)17-33(39(35,36)20-7-5-4-6-8-20)22-15-19(26(28,29)30)10-11-21(22)27/h3-12,14-16H,1,13,17H2,2H3,(H,32,34)/b31-16+. The maximum Gasteiger partial charge on any atom is 0.416 e. The van der Waals surface area contributed by atoms with Gasteiger partial charge >= 0.3 is 6.18 Å². The molecule has 206 valence electrons. The highest BCUT2D eigenvalue weighted by Gasteiger charge is 2.34. The van der Waals surface area contributed by atoms with Crippen LogP contribution in [0.15, 0.2) is 89.4 Å². The summed E-state index contributed by atoms with van der Waals surface area (Å²) in [5.74, 6) is -0.0816. The van der Waals surface area contributed by atoms with Gasteiger partial charge in [-0.2, -0.15) is 18.3 Å². The summed E-state index contributed by atoms with van der Waals surface area (Å²) in [5, 5.41) is 3.52. The number of halogens is 4. The molecular formula is C26H23ClF3N3O5S. The Kier molecular flexibility index (Phi) is 9.60. The molecule has 3 aromatic carbocycles. The molecule has 0 unspecified atom stereocenters. The Hall–Kier alpha value is -4.03. The van der Waals surface area contributed by atoms with E-state index >= 15 is 0 Å². The molecule has 0 aliphatic carbocycles. The van der Waals surface area contributed by atoms with Gasteiger partial charge in [-0.05, 0) is 54.1 Å². The maximum absolute atomic E-state index is 13.4. The van der Waals surface area contributed by atoms with Crippen LogP contribution in [-0.4, -0.2) is 40.8 Å². The van der Waals surface area contributed by atoms with E-state index in [1.165, 1.54) is 37.6 Å². The van der Waals surface area contributed by atoms with Crippen molar-refractivity contribution in [3.8, 4) is 11.5 Å². The van der Waals surface area contributed by atoms with Gasteiger partial charge in [0.25, 0.3) is 15.9 Å². The van der Waals surface area contributed by atoms with Crippen molar-refractivity contribution in [3.63, 3.8) is 0 Å². The Labute approximate surface area is 228 Å². The molecule has 0 fully saturated rings. The summed E-state index contributed by atoms with van der Waals surface area (Å²) < 4.78 is 78.2. The molecule has 0 saturated heterocycles. The summed E-state index contributed by atoms with van der Waals surface area (Å²) in [6, 6.07) is 14.0. The van der Waals surface area contributed by atoms with Crippen LogP contribution in [-0.2, 0) is 21.0 Å². The molecule has 0 heterocycles. The lowest BCUT2D eigenvalue weighted by Gasteiger charge is -2.25. The average molecular weight is 582 g/mol. The summed E-state index contributed by atoms with van der Waals surface area (Å²) in [6.45, 7) is 2.92. The number of nitrogens with zero attached hydrogens (tertiary/aromatic N) is 2. The predicted molar refractivity (Wildman–Crippen MR) is 142 cm³/mol. The number of carbonyl (C=O) groups is 1. The first-order valence-electron chi connectivity index (χ1n) is 11.2. The van der Waals surface area contributed by atoms with Crippen molar-refractivity contribution in [2.45, 2.75) is 11.1 Å². The molecule has 8 nitrogen and oxygen atoms in total. The van der Waals surface area contributed by atoms with Gasteiger partial charge in [0.1, 0.15) is 13.2 Å². The lowest BCUT2D eigenvalue weighted by Crippen LogP contribution is -2.40. The van der Waals surface area contributed by atoms with Crippen molar-refractivity contribution in [1.29, 1.82) is 0 Å². The molecule has 1 amide bonds. The first-order chi connectivity index (χ1) is 18.5. The van der Waals surface area contributed by atoms with Crippen LogP contribution in [0.4, 0.5) is 18.9 Å². The molecule has 0 atom stereocenters. The monoisotopic (exact) mass is 581 g/mol. The number of alkyl halides is 3. The number of ether oxygens (including phenoxy) is 2. The highest BCUT2D eigenvalue weighted by atomic mass is 35.5. The van der Waals surface area contributed by atoms with E-state index in [1.807, 2.05) is 0 Å². The normalized spacial score (nSPS) is 11.7. The second kappa shape index (κ2) is 12.7. The zero-order valence-corrected chi connectivity index (χ0v) is 22.1. The smallest absolute Gasteiger partial charge is 0.416 e. The fourth-order valence-corrected chi connectivity index (χ4v) is 5.00. The molecule has 13 heteroatoms. The maximum atomic E-state index is 13.4. The van der Waals surface area contributed by atoms with Gasteiger partial charge in [0.2, 0.25) is 0 Å². The van der Waals surface area contributed by atoms with Crippen LogP contribution in [0.5, 0.6) is 11.5 Å². The van der Waals surface area contributed by atoms with E-state index in [1.54, 1.807) is 30.3 Å². The van der Waals surface area contributed by atoms with Crippen molar-refractivity contribution < 1.29 is 35.9 Å². The third kappa shape index (κ3) is 7.52. The molecule has 1 N–H and O–H groups in total. The van der Waals surface area contributed by atoms with Crippen molar-refractivity contribution in [3.05, 3.63) is 95.5 Å². The molecule has 0 bridgehead atoms. The minimum Gasteiger partial charge on any atom is -0.493 e. The molecule has 0 aromatic heterocycles. The molecular weight excluding hydrogens is 559 g/mol. The first-order valence-corrected chi connectivity index (χ1v) is 13.0. The van der Waals surface area contributed by atoms with Crippen molar-refractivity contribution >= 4 is 39.4 Å². The van der Waals surface area contributed by atoms with Crippen molar-refractivity contribution in [1.82, 2.24) is 5.43 Å². The van der Waals surface area contributed by atoms with E-state index in [4.69, 9.17) is 21.1 Å². The fourth-order valence-electron chi connectivity index (χ4n) is 3.28. The third-order valence-electron chi connectivity index (χ3n) is 5.11. The van der Waals surface area contributed by atoms with Crippen molar-refractivity contribution in [2.24, 2.45) is 5.10 Å². The number of methoxy groups -OCH3 is 1. The molecule has 0 spiro atoms. The Bertz CT molecular complexity index is 1470. The Morgan fingerprint density at radius 3 is 2.46 bits per heavy atom. The predicted octanol–water partition coefficient (Wildman–Crippen LogP) is 5.28. The Balaban J connectivity index is 1.88. The van der Waals surface area contributed by atoms with E-state index < -0.39 is 39.9 Å². The van der Waals surface area contributed by atoms with Crippen LogP contribution in [0.2, 0.25) is 5.02 Å². The summed E-state index contributed by atoms with van der Waals surface area (Å²) in [7, 11) is -3.06. The van der Waals surface area contributed by atoms with Crippen LogP contribution in [0, 0.1) is 0 Å².